The minimum Gasteiger partial charge on any atom is -0.481 e. The van der Waals surface area contributed by atoms with E-state index >= 15 is 0 Å². The fourth-order valence-corrected chi connectivity index (χ4v) is 2.13. The van der Waals surface area contributed by atoms with Gasteiger partial charge >= 0.3 is 5.97 Å². The summed E-state index contributed by atoms with van der Waals surface area (Å²) in [5.74, 6) is 0.00884. The van der Waals surface area contributed by atoms with E-state index in [4.69, 9.17) is 4.74 Å². The molecule has 0 saturated heterocycles. The lowest BCUT2D eigenvalue weighted by Gasteiger charge is -2.17. The molecule has 0 fully saturated rings. The van der Waals surface area contributed by atoms with E-state index in [9.17, 15) is 9.59 Å². The highest BCUT2D eigenvalue weighted by molar-refractivity contribution is 5.95. The first-order chi connectivity index (χ1) is 11.5. The summed E-state index contributed by atoms with van der Waals surface area (Å²) in [7, 11) is 1.33. The van der Waals surface area contributed by atoms with Crippen LogP contribution in [-0.2, 0) is 9.53 Å². The molecule has 2 rings (SSSR count). The Balaban J connectivity index is 2.00. The quantitative estimate of drug-likeness (QED) is 0.824. The maximum absolute atomic E-state index is 12.4. The van der Waals surface area contributed by atoms with Crippen LogP contribution in [-0.4, -0.2) is 25.1 Å². The van der Waals surface area contributed by atoms with Gasteiger partial charge in [0.1, 0.15) is 5.75 Å². The van der Waals surface area contributed by atoms with Crippen LogP contribution in [0.3, 0.4) is 0 Å². The number of methoxy groups -OCH3 is 1. The Bertz CT molecular complexity index is 692. The summed E-state index contributed by atoms with van der Waals surface area (Å²) in [6.45, 7) is 3.88. The number of anilines is 1. The molecular weight excluding hydrogens is 306 g/mol. The highest BCUT2D eigenvalue weighted by Crippen LogP contribution is 2.16. The Labute approximate surface area is 141 Å². The van der Waals surface area contributed by atoms with Crippen LogP contribution < -0.4 is 10.1 Å². The number of benzene rings is 2. The summed E-state index contributed by atoms with van der Waals surface area (Å²) >= 11 is 0. The van der Waals surface area contributed by atoms with Crippen molar-refractivity contribution in [2.45, 2.75) is 26.4 Å². The van der Waals surface area contributed by atoms with E-state index in [0.717, 1.165) is 5.56 Å². The summed E-state index contributed by atoms with van der Waals surface area (Å²) in [6.07, 6.45) is -0.0482. The van der Waals surface area contributed by atoms with Crippen molar-refractivity contribution in [2.75, 3.05) is 12.4 Å². The molecule has 0 unspecified atom stereocenters. The van der Waals surface area contributed by atoms with Gasteiger partial charge in [0.2, 0.25) is 0 Å². The summed E-state index contributed by atoms with van der Waals surface area (Å²) in [5.41, 5.74) is 2.16. The molecule has 2 aromatic rings. The molecular formula is C19H21NO4. The topological polar surface area (TPSA) is 64.6 Å². The van der Waals surface area contributed by atoms with Gasteiger partial charge in [0.15, 0.2) is 6.10 Å². The van der Waals surface area contributed by atoms with Crippen LogP contribution in [0.15, 0.2) is 48.5 Å². The maximum Gasteiger partial charge on any atom is 0.337 e. The van der Waals surface area contributed by atoms with Crippen LogP contribution in [0, 0.1) is 6.92 Å². The summed E-state index contributed by atoms with van der Waals surface area (Å²) < 4.78 is 10.4. The van der Waals surface area contributed by atoms with Crippen LogP contribution in [0.2, 0.25) is 0 Å². The second-order valence-electron chi connectivity index (χ2n) is 5.39. The van der Waals surface area contributed by atoms with Crippen molar-refractivity contribution in [2.24, 2.45) is 0 Å². The standard InChI is InChI=1S/C19H21NO4/c1-4-17(24-16-11-5-13(2)6-12-16)18(21)20-15-9-7-14(8-10-15)19(22)23-3/h5-12,17H,4H2,1-3H3,(H,20,21)/t17-/m1/s1. The number of ether oxygens (including phenoxy) is 2. The van der Waals surface area contributed by atoms with Gasteiger partial charge in [-0.1, -0.05) is 24.6 Å². The summed E-state index contributed by atoms with van der Waals surface area (Å²) in [4.78, 5) is 23.8. The largest absolute Gasteiger partial charge is 0.481 e. The van der Waals surface area contributed by atoms with E-state index in [0.29, 0.717) is 23.4 Å². The number of aryl methyl sites for hydroxylation is 1. The van der Waals surface area contributed by atoms with Crippen LogP contribution in [0.25, 0.3) is 0 Å². The number of rotatable bonds is 6. The van der Waals surface area contributed by atoms with Crippen molar-refractivity contribution in [3.63, 3.8) is 0 Å². The number of hydrogen-bond acceptors (Lipinski definition) is 4. The maximum atomic E-state index is 12.4. The van der Waals surface area contributed by atoms with E-state index in [-0.39, 0.29) is 5.91 Å². The Morgan fingerprint density at radius 3 is 2.21 bits per heavy atom. The molecule has 1 atom stereocenters. The normalized spacial score (nSPS) is 11.5. The van der Waals surface area contributed by atoms with Crippen molar-refractivity contribution in [3.8, 4) is 5.75 Å². The zero-order valence-electron chi connectivity index (χ0n) is 14.0. The first kappa shape index (κ1) is 17.5. The van der Waals surface area contributed by atoms with Gasteiger partial charge in [0, 0.05) is 5.69 Å². The molecule has 1 amide bonds. The fraction of sp³-hybridized carbons (Fsp3) is 0.263. The van der Waals surface area contributed by atoms with Crippen molar-refractivity contribution < 1.29 is 19.1 Å². The van der Waals surface area contributed by atoms with Crippen LogP contribution in [0.5, 0.6) is 5.75 Å². The van der Waals surface area contributed by atoms with E-state index in [1.807, 2.05) is 38.1 Å². The minimum absolute atomic E-state index is 0.233. The van der Waals surface area contributed by atoms with E-state index in [2.05, 4.69) is 10.1 Å². The average Bonchev–Trinajstić information content (AvgIpc) is 2.61. The minimum atomic E-state index is -0.590. The van der Waals surface area contributed by atoms with Gasteiger partial charge in [0.05, 0.1) is 12.7 Å². The molecule has 126 valence electrons. The van der Waals surface area contributed by atoms with Gasteiger partial charge in [-0.25, -0.2) is 4.79 Å². The molecule has 0 aliphatic carbocycles. The molecule has 0 aromatic heterocycles. The first-order valence-electron chi connectivity index (χ1n) is 7.76. The second-order valence-corrected chi connectivity index (χ2v) is 5.39. The predicted molar refractivity (Wildman–Crippen MR) is 92.3 cm³/mol. The molecule has 24 heavy (non-hydrogen) atoms. The summed E-state index contributed by atoms with van der Waals surface area (Å²) in [5, 5.41) is 2.79. The van der Waals surface area contributed by atoms with Gasteiger partial charge in [-0.15, -0.1) is 0 Å². The monoisotopic (exact) mass is 327 g/mol. The van der Waals surface area contributed by atoms with Crippen LogP contribution >= 0.6 is 0 Å². The number of amides is 1. The van der Waals surface area contributed by atoms with Gasteiger partial charge < -0.3 is 14.8 Å². The van der Waals surface area contributed by atoms with E-state index in [1.54, 1.807) is 24.3 Å². The third-order valence-corrected chi connectivity index (χ3v) is 3.54. The molecule has 0 heterocycles. The number of nitrogens with one attached hydrogen (secondary N) is 1. The van der Waals surface area contributed by atoms with Crippen molar-refractivity contribution in [1.29, 1.82) is 0 Å². The lowest BCUT2D eigenvalue weighted by atomic mass is 10.2. The van der Waals surface area contributed by atoms with Gasteiger partial charge in [-0.05, 0) is 49.7 Å². The highest BCUT2D eigenvalue weighted by atomic mass is 16.5. The van der Waals surface area contributed by atoms with Crippen molar-refractivity contribution in [1.82, 2.24) is 0 Å². The lowest BCUT2D eigenvalue weighted by molar-refractivity contribution is -0.122. The smallest absolute Gasteiger partial charge is 0.337 e. The molecule has 0 aliphatic heterocycles. The number of carbonyl (C=O) groups excluding carboxylic acids is 2. The zero-order chi connectivity index (χ0) is 17.5. The third kappa shape index (κ3) is 4.59. The highest BCUT2D eigenvalue weighted by Gasteiger charge is 2.18. The molecule has 0 saturated carbocycles. The molecule has 2 aromatic carbocycles. The zero-order valence-corrected chi connectivity index (χ0v) is 14.0. The molecule has 1 N–H and O–H groups in total. The van der Waals surface area contributed by atoms with Crippen LogP contribution in [0.1, 0.15) is 29.3 Å². The fourth-order valence-electron chi connectivity index (χ4n) is 2.13. The van der Waals surface area contributed by atoms with Crippen molar-refractivity contribution >= 4 is 17.6 Å². The van der Waals surface area contributed by atoms with Gasteiger partial charge in [0.25, 0.3) is 5.91 Å². The molecule has 0 bridgehead atoms. The van der Waals surface area contributed by atoms with E-state index in [1.165, 1.54) is 7.11 Å². The Morgan fingerprint density at radius 1 is 1.04 bits per heavy atom. The molecule has 5 nitrogen and oxygen atoms in total. The van der Waals surface area contributed by atoms with Gasteiger partial charge in [-0.3, -0.25) is 4.79 Å². The van der Waals surface area contributed by atoms with E-state index < -0.39 is 12.1 Å². The van der Waals surface area contributed by atoms with Gasteiger partial charge in [-0.2, -0.15) is 0 Å². The SMILES string of the molecule is CC[C@@H](Oc1ccc(C)cc1)C(=O)Nc1ccc(C(=O)OC)cc1. The number of carbonyl (C=O) groups is 2. The molecule has 0 spiro atoms. The van der Waals surface area contributed by atoms with Crippen molar-refractivity contribution in [3.05, 3.63) is 59.7 Å². The Hall–Kier alpha value is -2.82. The lowest BCUT2D eigenvalue weighted by Crippen LogP contribution is -2.32. The average molecular weight is 327 g/mol. The second kappa shape index (κ2) is 8.15. The molecule has 5 heteroatoms. The molecule has 0 aliphatic rings. The number of esters is 1. The number of hydrogen-bond donors (Lipinski definition) is 1. The molecule has 0 radical (unpaired) electrons. The predicted octanol–water partition coefficient (Wildman–Crippen LogP) is 3.58. The van der Waals surface area contributed by atoms with Crippen LogP contribution in [0.4, 0.5) is 5.69 Å². The summed E-state index contributed by atoms with van der Waals surface area (Å²) in [6, 6.07) is 14.1. The Kier molecular flexibility index (Phi) is 5.95. The third-order valence-electron chi connectivity index (χ3n) is 3.54. The Morgan fingerprint density at radius 2 is 1.67 bits per heavy atom. The first-order valence-corrected chi connectivity index (χ1v) is 7.76.